The molecule has 0 saturated heterocycles. The van der Waals surface area contributed by atoms with Gasteiger partial charge in [-0.2, -0.15) is 0 Å². The van der Waals surface area contributed by atoms with Crippen molar-refractivity contribution in [2.45, 2.75) is 19.9 Å². The van der Waals surface area contributed by atoms with Crippen LogP contribution in [-0.4, -0.2) is 31.5 Å². The molecule has 132 valence electrons. The predicted molar refractivity (Wildman–Crippen MR) is 99.2 cm³/mol. The van der Waals surface area contributed by atoms with Gasteiger partial charge in [-0.3, -0.25) is 9.59 Å². The van der Waals surface area contributed by atoms with Crippen LogP contribution in [0.1, 0.15) is 24.2 Å². The Morgan fingerprint density at radius 2 is 1.76 bits per heavy atom. The fourth-order valence-corrected chi connectivity index (χ4v) is 2.20. The fourth-order valence-electron chi connectivity index (χ4n) is 2.20. The molecule has 0 heterocycles. The lowest BCUT2D eigenvalue weighted by molar-refractivity contribution is -0.114. The van der Waals surface area contributed by atoms with E-state index in [4.69, 9.17) is 4.74 Å². The number of carbonyl (C=O) groups excluding carboxylic acids is 2. The van der Waals surface area contributed by atoms with Crippen molar-refractivity contribution in [3.63, 3.8) is 0 Å². The molecule has 2 aromatic rings. The monoisotopic (exact) mass is 341 g/mol. The highest BCUT2D eigenvalue weighted by Crippen LogP contribution is 2.16. The predicted octanol–water partition coefficient (Wildman–Crippen LogP) is 2.88. The van der Waals surface area contributed by atoms with E-state index >= 15 is 0 Å². The van der Waals surface area contributed by atoms with Crippen molar-refractivity contribution in [1.29, 1.82) is 0 Å². The summed E-state index contributed by atoms with van der Waals surface area (Å²) in [5.74, 6) is 0.346. The van der Waals surface area contributed by atoms with Crippen LogP contribution in [0.5, 0.6) is 5.75 Å². The third-order valence-electron chi connectivity index (χ3n) is 3.35. The molecule has 0 spiro atoms. The van der Waals surface area contributed by atoms with Crippen molar-refractivity contribution in [2.75, 3.05) is 24.3 Å². The molecule has 0 aliphatic carbocycles. The van der Waals surface area contributed by atoms with Crippen LogP contribution in [0.25, 0.3) is 0 Å². The first-order valence-electron chi connectivity index (χ1n) is 8.06. The second-order valence-electron chi connectivity index (χ2n) is 5.84. The van der Waals surface area contributed by atoms with Crippen LogP contribution in [-0.2, 0) is 4.79 Å². The molecule has 0 fully saturated rings. The summed E-state index contributed by atoms with van der Waals surface area (Å²) in [6, 6.07) is 14.2. The molecular weight excluding hydrogens is 318 g/mol. The number of rotatable bonds is 7. The lowest BCUT2D eigenvalue weighted by Gasteiger charge is -2.11. The molecule has 3 N–H and O–H groups in total. The molecule has 0 aliphatic rings. The first-order valence-corrected chi connectivity index (χ1v) is 8.06. The van der Waals surface area contributed by atoms with Crippen LogP contribution in [0.2, 0.25) is 0 Å². The van der Waals surface area contributed by atoms with E-state index in [1.165, 1.54) is 0 Å². The number of amides is 2. The minimum atomic E-state index is -0.204. The molecule has 25 heavy (non-hydrogen) atoms. The second kappa shape index (κ2) is 8.73. The summed E-state index contributed by atoms with van der Waals surface area (Å²) in [6.45, 7) is 3.90. The van der Waals surface area contributed by atoms with E-state index in [1.807, 2.05) is 38.1 Å². The van der Waals surface area contributed by atoms with Gasteiger partial charge in [-0.1, -0.05) is 12.1 Å². The van der Waals surface area contributed by atoms with E-state index in [2.05, 4.69) is 16.0 Å². The van der Waals surface area contributed by atoms with Gasteiger partial charge in [0.25, 0.3) is 5.91 Å². The number of benzene rings is 2. The highest BCUT2D eigenvalue weighted by atomic mass is 16.5. The Labute approximate surface area is 147 Å². The Hall–Kier alpha value is -3.02. The normalized spacial score (nSPS) is 10.2. The quantitative estimate of drug-likeness (QED) is 0.723. The van der Waals surface area contributed by atoms with Crippen LogP contribution in [0.3, 0.4) is 0 Å². The van der Waals surface area contributed by atoms with Gasteiger partial charge in [0.15, 0.2) is 0 Å². The van der Waals surface area contributed by atoms with Gasteiger partial charge >= 0.3 is 0 Å². The first kappa shape index (κ1) is 18.3. The van der Waals surface area contributed by atoms with E-state index in [9.17, 15) is 9.59 Å². The van der Waals surface area contributed by atoms with Gasteiger partial charge in [0.1, 0.15) is 5.75 Å². The van der Waals surface area contributed by atoms with Crippen molar-refractivity contribution < 1.29 is 14.3 Å². The second-order valence-corrected chi connectivity index (χ2v) is 5.84. The molecule has 0 aliphatic heterocycles. The van der Waals surface area contributed by atoms with Crippen molar-refractivity contribution in [1.82, 2.24) is 5.32 Å². The first-order chi connectivity index (χ1) is 12.0. The molecule has 0 saturated carbocycles. The number of hydrogen-bond acceptors (Lipinski definition) is 4. The maximum atomic E-state index is 12.1. The molecule has 0 bridgehead atoms. The SMILES string of the molecule is COc1cccc(NCC(=O)Nc2cccc(C(=O)NC(C)C)c2)c1. The summed E-state index contributed by atoms with van der Waals surface area (Å²) < 4.78 is 5.14. The van der Waals surface area contributed by atoms with Crippen LogP contribution < -0.4 is 20.7 Å². The van der Waals surface area contributed by atoms with Gasteiger partial charge < -0.3 is 20.7 Å². The minimum Gasteiger partial charge on any atom is -0.497 e. The lowest BCUT2D eigenvalue weighted by Crippen LogP contribution is -2.30. The van der Waals surface area contributed by atoms with Gasteiger partial charge in [-0.05, 0) is 44.2 Å². The molecule has 6 heteroatoms. The summed E-state index contributed by atoms with van der Waals surface area (Å²) in [6.07, 6.45) is 0. The van der Waals surface area contributed by atoms with E-state index in [0.29, 0.717) is 17.0 Å². The maximum Gasteiger partial charge on any atom is 0.251 e. The Kier molecular flexibility index (Phi) is 6.39. The fraction of sp³-hybridized carbons (Fsp3) is 0.263. The number of nitrogens with one attached hydrogen (secondary N) is 3. The highest BCUT2D eigenvalue weighted by Gasteiger charge is 2.09. The molecule has 0 aromatic heterocycles. The van der Waals surface area contributed by atoms with E-state index in [1.54, 1.807) is 31.4 Å². The highest BCUT2D eigenvalue weighted by molar-refractivity contribution is 5.98. The Bertz CT molecular complexity index is 744. The van der Waals surface area contributed by atoms with E-state index < -0.39 is 0 Å². The zero-order valence-electron chi connectivity index (χ0n) is 14.6. The lowest BCUT2D eigenvalue weighted by atomic mass is 10.1. The topological polar surface area (TPSA) is 79.5 Å². The Morgan fingerprint density at radius 3 is 2.48 bits per heavy atom. The van der Waals surface area contributed by atoms with Gasteiger partial charge in [-0.15, -0.1) is 0 Å². The average Bonchev–Trinajstić information content (AvgIpc) is 2.60. The molecule has 2 rings (SSSR count). The largest absolute Gasteiger partial charge is 0.497 e. The Morgan fingerprint density at radius 1 is 1.04 bits per heavy atom. The van der Waals surface area contributed by atoms with Crippen LogP contribution in [0.15, 0.2) is 48.5 Å². The van der Waals surface area contributed by atoms with Gasteiger partial charge in [0.05, 0.1) is 13.7 Å². The summed E-state index contributed by atoms with van der Waals surface area (Å²) in [5, 5.41) is 8.63. The molecule has 0 radical (unpaired) electrons. The standard InChI is InChI=1S/C19H23N3O3/c1-13(2)21-19(24)14-6-4-8-16(10-14)22-18(23)12-20-15-7-5-9-17(11-15)25-3/h4-11,13,20H,12H2,1-3H3,(H,21,24)(H,22,23). The summed E-state index contributed by atoms with van der Waals surface area (Å²) in [4.78, 5) is 24.1. The summed E-state index contributed by atoms with van der Waals surface area (Å²) in [7, 11) is 1.59. The zero-order chi connectivity index (χ0) is 18.2. The van der Waals surface area contributed by atoms with Crippen LogP contribution >= 0.6 is 0 Å². The summed E-state index contributed by atoms with van der Waals surface area (Å²) >= 11 is 0. The van der Waals surface area contributed by atoms with Gasteiger partial charge in [0, 0.05) is 29.0 Å². The van der Waals surface area contributed by atoms with Crippen molar-refractivity contribution in [2.24, 2.45) is 0 Å². The van der Waals surface area contributed by atoms with E-state index in [-0.39, 0.29) is 24.4 Å². The van der Waals surface area contributed by atoms with Gasteiger partial charge in [-0.25, -0.2) is 0 Å². The van der Waals surface area contributed by atoms with Crippen molar-refractivity contribution in [3.8, 4) is 5.75 Å². The number of ether oxygens (including phenoxy) is 1. The number of hydrogen-bond donors (Lipinski definition) is 3. The number of methoxy groups -OCH3 is 1. The molecule has 2 amide bonds. The number of anilines is 2. The smallest absolute Gasteiger partial charge is 0.251 e. The third-order valence-corrected chi connectivity index (χ3v) is 3.35. The third kappa shape index (κ3) is 5.84. The Balaban J connectivity index is 1.92. The molecule has 2 aromatic carbocycles. The van der Waals surface area contributed by atoms with Crippen LogP contribution in [0, 0.1) is 0 Å². The van der Waals surface area contributed by atoms with Gasteiger partial charge in [0.2, 0.25) is 5.91 Å². The van der Waals surface area contributed by atoms with Crippen LogP contribution in [0.4, 0.5) is 11.4 Å². The zero-order valence-corrected chi connectivity index (χ0v) is 14.6. The minimum absolute atomic E-state index is 0.0535. The van der Waals surface area contributed by atoms with Crippen molar-refractivity contribution >= 4 is 23.2 Å². The van der Waals surface area contributed by atoms with Crippen molar-refractivity contribution in [3.05, 3.63) is 54.1 Å². The summed E-state index contributed by atoms with van der Waals surface area (Å²) in [5.41, 5.74) is 1.88. The maximum absolute atomic E-state index is 12.1. The molecular formula is C19H23N3O3. The average molecular weight is 341 g/mol. The van der Waals surface area contributed by atoms with E-state index in [0.717, 1.165) is 5.69 Å². The molecule has 0 unspecified atom stereocenters. The molecule has 6 nitrogen and oxygen atoms in total. The number of carbonyl (C=O) groups is 2. The molecule has 0 atom stereocenters.